The van der Waals surface area contributed by atoms with Crippen molar-refractivity contribution in [2.75, 3.05) is 0 Å². The maximum atomic E-state index is 10.6. The van der Waals surface area contributed by atoms with Crippen molar-refractivity contribution in [1.29, 1.82) is 5.26 Å². The fourth-order valence-corrected chi connectivity index (χ4v) is 1.62. The molecule has 0 aliphatic rings. The second kappa shape index (κ2) is 4.50. The van der Waals surface area contributed by atoms with Crippen LogP contribution >= 0.6 is 0 Å². The van der Waals surface area contributed by atoms with Crippen LogP contribution in [0.25, 0.3) is 11.1 Å². The lowest BCUT2D eigenvalue weighted by Gasteiger charge is -2.05. The van der Waals surface area contributed by atoms with Crippen LogP contribution in [0.1, 0.15) is 15.9 Å². The number of rotatable bonds is 2. The second-order valence-electron chi connectivity index (χ2n) is 3.58. The Balaban J connectivity index is 2.56. The Kier molecular flexibility index (Phi) is 2.89. The molecule has 3 nitrogen and oxygen atoms in total. The predicted molar refractivity (Wildman–Crippen MR) is 63.6 cm³/mol. The maximum Gasteiger partial charge on any atom is 0.150 e. The molecule has 0 unspecified atom stereocenters. The van der Waals surface area contributed by atoms with Crippen LogP contribution in [0.3, 0.4) is 0 Å². The van der Waals surface area contributed by atoms with Gasteiger partial charge in [0.2, 0.25) is 0 Å². The zero-order chi connectivity index (χ0) is 12.3. The van der Waals surface area contributed by atoms with Crippen LogP contribution in [0.15, 0.2) is 42.5 Å². The van der Waals surface area contributed by atoms with E-state index in [1.807, 2.05) is 0 Å². The van der Waals surface area contributed by atoms with Crippen LogP contribution in [0.4, 0.5) is 0 Å². The molecule has 0 aliphatic heterocycles. The molecular formula is C14H9NO2. The molecule has 0 heterocycles. The van der Waals surface area contributed by atoms with Crippen LogP contribution in [-0.2, 0) is 0 Å². The lowest BCUT2D eigenvalue weighted by molar-refractivity contribution is 0.112. The molecule has 0 atom stereocenters. The van der Waals surface area contributed by atoms with E-state index in [0.29, 0.717) is 17.4 Å². The van der Waals surface area contributed by atoms with Crippen molar-refractivity contribution >= 4 is 6.29 Å². The molecule has 0 fully saturated rings. The van der Waals surface area contributed by atoms with Crippen molar-refractivity contribution in [2.24, 2.45) is 0 Å². The minimum atomic E-state index is 0.178. The fraction of sp³-hybridized carbons (Fsp3) is 0. The first-order valence-corrected chi connectivity index (χ1v) is 5.03. The van der Waals surface area contributed by atoms with Gasteiger partial charge in [-0.3, -0.25) is 4.79 Å². The van der Waals surface area contributed by atoms with Crippen molar-refractivity contribution in [1.82, 2.24) is 0 Å². The minimum absolute atomic E-state index is 0.178. The summed E-state index contributed by atoms with van der Waals surface area (Å²) in [5.41, 5.74) is 2.50. The number of aldehydes is 1. The summed E-state index contributed by atoms with van der Waals surface area (Å²) in [6.45, 7) is 0. The van der Waals surface area contributed by atoms with E-state index in [9.17, 15) is 9.90 Å². The van der Waals surface area contributed by atoms with Gasteiger partial charge in [0.05, 0.1) is 11.6 Å². The highest BCUT2D eigenvalue weighted by Crippen LogP contribution is 2.25. The third kappa shape index (κ3) is 2.16. The molecule has 0 spiro atoms. The molecule has 0 amide bonds. The average molecular weight is 223 g/mol. The highest BCUT2D eigenvalue weighted by molar-refractivity contribution is 5.80. The van der Waals surface area contributed by atoms with Gasteiger partial charge in [0.1, 0.15) is 12.0 Å². The maximum absolute atomic E-state index is 10.6. The quantitative estimate of drug-likeness (QED) is 0.796. The lowest BCUT2D eigenvalue weighted by atomic mass is 9.98. The average Bonchev–Trinajstić information content (AvgIpc) is 2.39. The molecule has 0 radical (unpaired) electrons. The Morgan fingerprint density at radius 2 is 1.82 bits per heavy atom. The van der Waals surface area contributed by atoms with E-state index in [1.54, 1.807) is 42.5 Å². The molecule has 0 aromatic heterocycles. The Morgan fingerprint density at radius 1 is 1.12 bits per heavy atom. The van der Waals surface area contributed by atoms with E-state index in [0.717, 1.165) is 11.1 Å². The Morgan fingerprint density at radius 3 is 2.41 bits per heavy atom. The number of hydrogen-bond donors (Lipinski definition) is 1. The van der Waals surface area contributed by atoms with E-state index in [4.69, 9.17) is 5.26 Å². The van der Waals surface area contributed by atoms with Crippen LogP contribution in [0, 0.1) is 11.3 Å². The van der Waals surface area contributed by atoms with Gasteiger partial charge in [0, 0.05) is 5.56 Å². The molecule has 82 valence electrons. The Bertz CT molecular complexity index is 595. The summed E-state index contributed by atoms with van der Waals surface area (Å²) in [7, 11) is 0. The molecule has 3 heteroatoms. The van der Waals surface area contributed by atoms with Crippen molar-refractivity contribution in [3.63, 3.8) is 0 Å². The van der Waals surface area contributed by atoms with E-state index in [1.165, 1.54) is 0 Å². The normalized spacial score (nSPS) is 9.59. The monoisotopic (exact) mass is 223 g/mol. The van der Waals surface area contributed by atoms with Crippen LogP contribution in [0.2, 0.25) is 0 Å². The number of phenols is 1. The third-order valence-corrected chi connectivity index (χ3v) is 2.48. The Labute approximate surface area is 98.6 Å². The number of hydrogen-bond acceptors (Lipinski definition) is 3. The van der Waals surface area contributed by atoms with Crippen molar-refractivity contribution in [3.8, 4) is 22.9 Å². The van der Waals surface area contributed by atoms with Crippen molar-refractivity contribution in [2.45, 2.75) is 0 Å². The highest BCUT2D eigenvalue weighted by atomic mass is 16.3. The van der Waals surface area contributed by atoms with E-state index >= 15 is 0 Å². The number of aromatic hydroxyl groups is 1. The fourth-order valence-electron chi connectivity index (χ4n) is 1.62. The number of carbonyl (C=O) groups is 1. The first kappa shape index (κ1) is 10.9. The molecule has 0 aliphatic carbocycles. The molecule has 0 bridgehead atoms. The van der Waals surface area contributed by atoms with Gasteiger partial charge < -0.3 is 5.11 Å². The summed E-state index contributed by atoms with van der Waals surface area (Å²) >= 11 is 0. The van der Waals surface area contributed by atoms with Gasteiger partial charge in [-0.25, -0.2) is 0 Å². The number of nitrogens with zero attached hydrogens (tertiary/aromatic N) is 1. The lowest BCUT2D eigenvalue weighted by Crippen LogP contribution is -1.87. The van der Waals surface area contributed by atoms with Crippen LogP contribution in [0.5, 0.6) is 5.75 Å². The van der Waals surface area contributed by atoms with Gasteiger partial charge in [0.15, 0.2) is 0 Å². The number of phenolic OH excluding ortho intramolecular Hbond substituents is 1. The summed E-state index contributed by atoms with van der Waals surface area (Å²) in [6, 6.07) is 13.6. The molecule has 17 heavy (non-hydrogen) atoms. The topological polar surface area (TPSA) is 61.1 Å². The van der Waals surface area contributed by atoms with Gasteiger partial charge in [-0.05, 0) is 29.3 Å². The molecule has 2 aromatic rings. The zero-order valence-corrected chi connectivity index (χ0v) is 8.92. The molecule has 2 aromatic carbocycles. The van der Waals surface area contributed by atoms with Gasteiger partial charge in [0.25, 0.3) is 0 Å². The first-order valence-electron chi connectivity index (χ1n) is 5.03. The summed E-state index contributed by atoms with van der Waals surface area (Å²) in [6.07, 6.45) is 0.710. The number of nitriles is 1. The highest BCUT2D eigenvalue weighted by Gasteiger charge is 2.05. The van der Waals surface area contributed by atoms with Crippen LogP contribution in [-0.4, -0.2) is 11.4 Å². The predicted octanol–water partition coefficient (Wildman–Crippen LogP) is 2.74. The first-order chi connectivity index (χ1) is 8.24. The standard InChI is InChI=1S/C14H9NO2/c15-8-12-7-10(9-16)1-6-14(12)11-2-4-13(17)5-3-11/h1-7,9,17H. The molecule has 0 saturated carbocycles. The van der Waals surface area contributed by atoms with E-state index in [2.05, 4.69) is 6.07 Å². The van der Waals surface area contributed by atoms with Crippen molar-refractivity contribution in [3.05, 3.63) is 53.6 Å². The van der Waals surface area contributed by atoms with Crippen LogP contribution < -0.4 is 0 Å². The largest absolute Gasteiger partial charge is 0.508 e. The third-order valence-electron chi connectivity index (χ3n) is 2.48. The zero-order valence-electron chi connectivity index (χ0n) is 8.92. The molecule has 2 rings (SSSR count). The smallest absolute Gasteiger partial charge is 0.150 e. The number of benzene rings is 2. The van der Waals surface area contributed by atoms with E-state index in [-0.39, 0.29) is 5.75 Å². The number of carbonyl (C=O) groups excluding carboxylic acids is 1. The minimum Gasteiger partial charge on any atom is -0.508 e. The second-order valence-corrected chi connectivity index (χ2v) is 3.58. The van der Waals surface area contributed by atoms with Gasteiger partial charge in [-0.1, -0.05) is 24.3 Å². The van der Waals surface area contributed by atoms with E-state index < -0.39 is 0 Å². The Hall–Kier alpha value is -2.60. The van der Waals surface area contributed by atoms with Gasteiger partial charge in [-0.2, -0.15) is 5.26 Å². The summed E-state index contributed by atoms with van der Waals surface area (Å²) in [4.78, 5) is 10.6. The van der Waals surface area contributed by atoms with Gasteiger partial charge in [-0.15, -0.1) is 0 Å². The molecule has 0 saturated heterocycles. The summed E-state index contributed by atoms with van der Waals surface area (Å²) in [5, 5.41) is 18.2. The molecular weight excluding hydrogens is 214 g/mol. The molecule has 1 N–H and O–H groups in total. The SMILES string of the molecule is N#Cc1cc(C=O)ccc1-c1ccc(O)cc1. The summed E-state index contributed by atoms with van der Waals surface area (Å²) in [5.74, 6) is 0.178. The van der Waals surface area contributed by atoms with Crippen molar-refractivity contribution < 1.29 is 9.90 Å². The van der Waals surface area contributed by atoms with Gasteiger partial charge >= 0.3 is 0 Å². The summed E-state index contributed by atoms with van der Waals surface area (Å²) < 4.78 is 0.